The Morgan fingerprint density at radius 2 is 2.21 bits per heavy atom. The number of aromatic amines is 1. The van der Waals surface area contributed by atoms with Gasteiger partial charge in [0.2, 0.25) is 0 Å². The Balaban J connectivity index is 2.33. The van der Waals surface area contributed by atoms with Crippen LogP contribution in [0.15, 0.2) is 28.7 Å². The van der Waals surface area contributed by atoms with E-state index in [1.807, 2.05) is 24.3 Å². The summed E-state index contributed by atoms with van der Waals surface area (Å²) in [6.07, 6.45) is 2.77. The van der Waals surface area contributed by atoms with Crippen molar-refractivity contribution >= 4 is 11.0 Å². The number of fused-ring (bicyclic) bond motifs is 1. The van der Waals surface area contributed by atoms with E-state index in [4.69, 9.17) is 4.42 Å². The SMILES string of the molecule is [c]1oc2ccccc2c1-c1nnn[nH]1. The van der Waals surface area contributed by atoms with Crippen LogP contribution in [0.25, 0.3) is 22.4 Å². The Hall–Kier alpha value is -2.17. The molecule has 0 unspecified atom stereocenters. The highest BCUT2D eigenvalue weighted by Crippen LogP contribution is 2.26. The van der Waals surface area contributed by atoms with Gasteiger partial charge in [-0.2, -0.15) is 0 Å². The van der Waals surface area contributed by atoms with E-state index in [0.717, 1.165) is 16.5 Å². The molecule has 1 N–H and O–H groups in total. The standard InChI is InChI=1S/C9H5N4O/c1-2-4-8-6(3-1)7(5-14-8)9-10-12-13-11-9/h1-4H,(H,10,11,12,13). The van der Waals surface area contributed by atoms with Crippen LogP contribution in [0, 0.1) is 6.26 Å². The molecule has 1 radical (unpaired) electrons. The number of H-pyrrole nitrogens is 1. The lowest BCUT2D eigenvalue weighted by Crippen LogP contribution is -1.78. The Bertz CT molecular complexity index is 555. The van der Waals surface area contributed by atoms with Crippen LogP contribution in [0.5, 0.6) is 0 Å². The quantitative estimate of drug-likeness (QED) is 0.622. The minimum absolute atomic E-state index is 0.565. The molecule has 5 heteroatoms. The number of benzene rings is 1. The molecule has 0 saturated heterocycles. The number of aromatic nitrogens is 4. The number of hydrogen-bond acceptors (Lipinski definition) is 4. The van der Waals surface area contributed by atoms with Crippen LogP contribution in [0.3, 0.4) is 0 Å². The number of para-hydroxylation sites is 1. The maximum atomic E-state index is 5.23. The summed E-state index contributed by atoms with van der Waals surface area (Å²) in [5, 5.41) is 14.4. The Morgan fingerprint density at radius 1 is 1.29 bits per heavy atom. The van der Waals surface area contributed by atoms with Gasteiger partial charge < -0.3 is 4.42 Å². The number of nitrogens with one attached hydrogen (secondary N) is 1. The van der Waals surface area contributed by atoms with Crippen LogP contribution < -0.4 is 0 Å². The molecule has 0 aliphatic rings. The number of tetrazole rings is 1. The molecule has 0 saturated carbocycles. The summed E-state index contributed by atoms with van der Waals surface area (Å²) in [7, 11) is 0. The highest BCUT2D eigenvalue weighted by Gasteiger charge is 2.10. The second-order valence-electron chi connectivity index (χ2n) is 2.83. The van der Waals surface area contributed by atoms with Gasteiger partial charge in [0.05, 0.1) is 5.56 Å². The smallest absolute Gasteiger partial charge is 0.184 e. The molecule has 2 heterocycles. The molecule has 0 aliphatic carbocycles. The molecule has 2 aromatic heterocycles. The molecule has 0 fully saturated rings. The number of rotatable bonds is 1. The van der Waals surface area contributed by atoms with Gasteiger partial charge >= 0.3 is 0 Å². The second-order valence-corrected chi connectivity index (χ2v) is 2.83. The molecule has 5 nitrogen and oxygen atoms in total. The third-order valence-electron chi connectivity index (χ3n) is 2.00. The van der Waals surface area contributed by atoms with Gasteiger partial charge in [0, 0.05) is 5.39 Å². The van der Waals surface area contributed by atoms with E-state index in [1.54, 1.807) is 0 Å². The van der Waals surface area contributed by atoms with E-state index in [9.17, 15) is 0 Å². The topological polar surface area (TPSA) is 67.6 Å². The fourth-order valence-electron chi connectivity index (χ4n) is 1.36. The molecule has 3 rings (SSSR count). The zero-order valence-electron chi connectivity index (χ0n) is 7.06. The lowest BCUT2D eigenvalue weighted by Gasteiger charge is -1.88. The van der Waals surface area contributed by atoms with Gasteiger partial charge in [-0.05, 0) is 16.5 Å². The van der Waals surface area contributed by atoms with Crippen LogP contribution in [0.1, 0.15) is 0 Å². The monoisotopic (exact) mass is 185 g/mol. The number of nitrogens with zero attached hydrogens (tertiary/aromatic N) is 3. The van der Waals surface area contributed by atoms with Gasteiger partial charge in [-0.25, -0.2) is 5.10 Å². The molecule has 3 aromatic rings. The summed E-state index contributed by atoms with van der Waals surface area (Å²) in [4.78, 5) is 0. The van der Waals surface area contributed by atoms with E-state index in [2.05, 4.69) is 26.9 Å². The van der Waals surface area contributed by atoms with E-state index in [0.29, 0.717) is 5.82 Å². The summed E-state index contributed by atoms with van der Waals surface area (Å²) < 4.78 is 5.23. The zero-order chi connectivity index (χ0) is 9.38. The van der Waals surface area contributed by atoms with Crippen molar-refractivity contribution < 1.29 is 4.42 Å². The van der Waals surface area contributed by atoms with Gasteiger partial charge in [0.15, 0.2) is 12.1 Å². The first-order valence-electron chi connectivity index (χ1n) is 4.08. The third kappa shape index (κ3) is 0.922. The Morgan fingerprint density at radius 3 is 3.07 bits per heavy atom. The van der Waals surface area contributed by atoms with Crippen LogP contribution in [0.2, 0.25) is 0 Å². The third-order valence-corrected chi connectivity index (χ3v) is 2.00. The maximum absolute atomic E-state index is 5.23. The molecular weight excluding hydrogens is 180 g/mol. The molecular formula is C9H5N4O. The molecule has 14 heavy (non-hydrogen) atoms. The molecule has 0 bridgehead atoms. The van der Waals surface area contributed by atoms with Crippen LogP contribution in [-0.4, -0.2) is 20.6 Å². The normalized spacial score (nSPS) is 10.9. The minimum atomic E-state index is 0.565. The van der Waals surface area contributed by atoms with Crippen molar-refractivity contribution in [2.75, 3.05) is 0 Å². The highest BCUT2D eigenvalue weighted by molar-refractivity contribution is 5.91. The van der Waals surface area contributed by atoms with Crippen molar-refractivity contribution in [3.63, 3.8) is 0 Å². The second kappa shape index (κ2) is 2.66. The Labute approximate surface area is 78.7 Å². The van der Waals surface area contributed by atoms with Gasteiger partial charge in [-0.15, -0.1) is 5.10 Å². The molecule has 0 atom stereocenters. The molecule has 0 amide bonds. The fraction of sp³-hybridized carbons (Fsp3) is 0. The van der Waals surface area contributed by atoms with Crippen molar-refractivity contribution in [3.05, 3.63) is 30.5 Å². The van der Waals surface area contributed by atoms with Crippen LogP contribution >= 0.6 is 0 Å². The fourth-order valence-corrected chi connectivity index (χ4v) is 1.36. The van der Waals surface area contributed by atoms with Gasteiger partial charge in [0.1, 0.15) is 5.58 Å². The summed E-state index contributed by atoms with van der Waals surface area (Å²) in [5.74, 6) is 0.565. The van der Waals surface area contributed by atoms with Crippen LogP contribution in [-0.2, 0) is 0 Å². The Kier molecular flexibility index (Phi) is 1.38. The summed E-state index contributed by atoms with van der Waals surface area (Å²) in [5.41, 5.74) is 1.53. The lowest BCUT2D eigenvalue weighted by atomic mass is 10.2. The van der Waals surface area contributed by atoms with E-state index in [-0.39, 0.29) is 0 Å². The summed E-state index contributed by atoms with van der Waals surface area (Å²) >= 11 is 0. The first-order valence-corrected chi connectivity index (χ1v) is 4.08. The average molecular weight is 185 g/mol. The number of hydrogen-bond donors (Lipinski definition) is 1. The molecule has 1 aromatic carbocycles. The van der Waals surface area contributed by atoms with Crippen LogP contribution in [0.4, 0.5) is 0 Å². The van der Waals surface area contributed by atoms with Gasteiger partial charge in [0.25, 0.3) is 0 Å². The van der Waals surface area contributed by atoms with E-state index >= 15 is 0 Å². The summed E-state index contributed by atoms with van der Waals surface area (Å²) in [6.45, 7) is 0. The number of furan rings is 1. The van der Waals surface area contributed by atoms with Crippen molar-refractivity contribution in [2.24, 2.45) is 0 Å². The molecule has 0 spiro atoms. The average Bonchev–Trinajstić information content (AvgIpc) is 2.85. The molecule has 0 aliphatic heterocycles. The largest absolute Gasteiger partial charge is 0.452 e. The minimum Gasteiger partial charge on any atom is -0.452 e. The first kappa shape index (κ1) is 7.25. The highest BCUT2D eigenvalue weighted by atomic mass is 16.3. The first-order chi connectivity index (χ1) is 6.95. The van der Waals surface area contributed by atoms with E-state index < -0.39 is 0 Å². The van der Waals surface area contributed by atoms with Crippen molar-refractivity contribution in [2.45, 2.75) is 0 Å². The lowest BCUT2D eigenvalue weighted by molar-refractivity contribution is 0.607. The predicted molar refractivity (Wildman–Crippen MR) is 48.2 cm³/mol. The van der Waals surface area contributed by atoms with Crippen molar-refractivity contribution in [3.8, 4) is 11.4 Å². The van der Waals surface area contributed by atoms with Gasteiger partial charge in [-0.3, -0.25) is 0 Å². The maximum Gasteiger partial charge on any atom is 0.184 e. The molecule has 67 valence electrons. The van der Waals surface area contributed by atoms with Gasteiger partial charge in [-0.1, -0.05) is 18.2 Å². The van der Waals surface area contributed by atoms with Crippen molar-refractivity contribution in [1.82, 2.24) is 20.6 Å². The summed E-state index contributed by atoms with van der Waals surface area (Å²) in [6, 6.07) is 7.65. The van der Waals surface area contributed by atoms with E-state index in [1.165, 1.54) is 0 Å². The predicted octanol–water partition coefficient (Wildman–Crippen LogP) is 1.41. The van der Waals surface area contributed by atoms with Crippen molar-refractivity contribution in [1.29, 1.82) is 0 Å². The zero-order valence-corrected chi connectivity index (χ0v) is 7.06.